The maximum atomic E-state index is 11.8. The topological polar surface area (TPSA) is 35.8 Å². The van der Waals surface area contributed by atoms with Crippen molar-refractivity contribution in [3.8, 4) is 0 Å². The molecule has 0 aromatic heterocycles. The maximum Gasteiger partial charge on any atom is 0.451 e. The second-order valence-electron chi connectivity index (χ2n) is 1.66. The standard InChI is InChI=1S/C5H7F3N2O/c1-3-9-4(10(2)11)5(6,7)8/h3,11H,1H2,2H3. The Labute approximate surface area is 61.4 Å². The molecule has 0 aromatic carbocycles. The SMILES string of the molecule is C=CN=C(N(C)O)C(F)(F)F. The molecule has 0 atom stereocenters. The van der Waals surface area contributed by atoms with Crippen LogP contribution in [0.2, 0.25) is 0 Å². The van der Waals surface area contributed by atoms with Gasteiger partial charge in [-0.25, -0.2) is 10.1 Å². The van der Waals surface area contributed by atoms with E-state index in [2.05, 4.69) is 11.6 Å². The molecule has 0 spiro atoms. The highest BCUT2D eigenvalue weighted by Crippen LogP contribution is 2.18. The summed E-state index contributed by atoms with van der Waals surface area (Å²) in [5.74, 6) is -1.40. The highest BCUT2D eigenvalue weighted by atomic mass is 19.4. The van der Waals surface area contributed by atoms with Gasteiger partial charge < -0.3 is 0 Å². The quantitative estimate of drug-likeness (QED) is 0.365. The van der Waals surface area contributed by atoms with E-state index in [1.54, 1.807) is 0 Å². The average Bonchev–Trinajstić information content (AvgIpc) is 1.79. The molecule has 0 aliphatic rings. The monoisotopic (exact) mass is 168 g/mol. The number of hydrogen-bond donors (Lipinski definition) is 1. The normalized spacial score (nSPS) is 13.0. The number of nitrogens with zero attached hydrogens (tertiary/aromatic N) is 2. The van der Waals surface area contributed by atoms with Crippen LogP contribution < -0.4 is 0 Å². The summed E-state index contributed by atoms with van der Waals surface area (Å²) in [4.78, 5) is 2.83. The Morgan fingerprint density at radius 3 is 2.18 bits per heavy atom. The van der Waals surface area contributed by atoms with Crippen LogP contribution in [0.15, 0.2) is 17.8 Å². The molecule has 0 heterocycles. The second kappa shape index (κ2) is 3.38. The maximum absolute atomic E-state index is 11.8. The Kier molecular flexibility index (Phi) is 3.06. The van der Waals surface area contributed by atoms with Gasteiger partial charge in [0.1, 0.15) is 0 Å². The first-order valence-electron chi connectivity index (χ1n) is 2.58. The lowest BCUT2D eigenvalue weighted by Gasteiger charge is -2.14. The Hall–Kier alpha value is -1.04. The van der Waals surface area contributed by atoms with Crippen LogP contribution in [0.3, 0.4) is 0 Å². The molecule has 0 amide bonds. The lowest BCUT2D eigenvalue weighted by molar-refractivity contribution is -0.0974. The highest BCUT2D eigenvalue weighted by molar-refractivity contribution is 5.86. The molecule has 0 rings (SSSR count). The lowest BCUT2D eigenvalue weighted by atomic mass is 10.5. The highest BCUT2D eigenvalue weighted by Gasteiger charge is 2.38. The molecule has 1 N–H and O–H groups in total. The molecule has 6 heteroatoms. The van der Waals surface area contributed by atoms with E-state index in [-0.39, 0.29) is 5.06 Å². The van der Waals surface area contributed by atoms with Crippen molar-refractivity contribution >= 4 is 5.84 Å². The van der Waals surface area contributed by atoms with E-state index in [0.29, 0.717) is 6.20 Å². The Morgan fingerprint density at radius 1 is 1.64 bits per heavy atom. The first-order valence-corrected chi connectivity index (χ1v) is 2.58. The molecule has 0 aliphatic heterocycles. The van der Waals surface area contributed by atoms with Gasteiger partial charge in [0.15, 0.2) is 0 Å². The third kappa shape index (κ3) is 3.03. The van der Waals surface area contributed by atoms with Crippen LogP contribution in [0, 0.1) is 0 Å². The predicted octanol–water partition coefficient (Wildman–Crippen LogP) is 1.41. The molecule has 0 unspecified atom stereocenters. The zero-order chi connectivity index (χ0) is 9.07. The summed E-state index contributed by atoms with van der Waals surface area (Å²) < 4.78 is 35.3. The number of halogens is 3. The van der Waals surface area contributed by atoms with Gasteiger partial charge in [0, 0.05) is 13.2 Å². The number of hydrogen-bond acceptors (Lipinski definition) is 2. The molecular weight excluding hydrogens is 161 g/mol. The van der Waals surface area contributed by atoms with Crippen LogP contribution in [0.5, 0.6) is 0 Å². The van der Waals surface area contributed by atoms with Crippen molar-refractivity contribution in [2.75, 3.05) is 7.05 Å². The van der Waals surface area contributed by atoms with Gasteiger partial charge in [-0.2, -0.15) is 13.2 Å². The number of alkyl halides is 3. The Morgan fingerprint density at radius 2 is 2.09 bits per heavy atom. The van der Waals surface area contributed by atoms with E-state index in [1.165, 1.54) is 0 Å². The van der Waals surface area contributed by atoms with Gasteiger partial charge >= 0.3 is 6.18 Å². The van der Waals surface area contributed by atoms with Crippen molar-refractivity contribution in [3.05, 3.63) is 12.8 Å². The second-order valence-corrected chi connectivity index (χ2v) is 1.66. The molecule has 0 aromatic rings. The summed E-state index contributed by atoms with van der Waals surface area (Å²) in [6, 6.07) is 0. The lowest BCUT2D eigenvalue weighted by Crippen LogP contribution is -2.36. The molecule has 0 fully saturated rings. The molecule has 11 heavy (non-hydrogen) atoms. The number of aliphatic imine (C=N–C) groups is 1. The summed E-state index contributed by atoms with van der Waals surface area (Å²) >= 11 is 0. The summed E-state index contributed by atoms with van der Waals surface area (Å²) in [7, 11) is 0.829. The zero-order valence-corrected chi connectivity index (χ0v) is 5.76. The molecule has 64 valence electrons. The summed E-state index contributed by atoms with van der Waals surface area (Å²) in [5, 5.41) is 8.30. The van der Waals surface area contributed by atoms with Gasteiger partial charge in [-0.3, -0.25) is 5.21 Å². The number of hydroxylamine groups is 2. The molecule has 0 bridgehead atoms. The predicted molar refractivity (Wildman–Crippen MR) is 33.2 cm³/mol. The van der Waals surface area contributed by atoms with E-state index in [1.807, 2.05) is 0 Å². The van der Waals surface area contributed by atoms with Gasteiger partial charge in [0.05, 0.1) is 0 Å². The Bertz CT molecular complexity index is 173. The van der Waals surface area contributed by atoms with Crippen LogP contribution >= 0.6 is 0 Å². The minimum atomic E-state index is -4.66. The van der Waals surface area contributed by atoms with Crippen molar-refractivity contribution in [1.82, 2.24) is 5.06 Å². The molecular formula is C5H7F3N2O. The van der Waals surface area contributed by atoms with Crippen LogP contribution in [0.25, 0.3) is 0 Å². The van der Waals surface area contributed by atoms with Gasteiger partial charge in [-0.05, 0) is 0 Å². The third-order valence-electron chi connectivity index (χ3n) is 0.774. The average molecular weight is 168 g/mol. The van der Waals surface area contributed by atoms with Crippen LogP contribution in [-0.2, 0) is 0 Å². The van der Waals surface area contributed by atoms with Gasteiger partial charge in [-0.15, -0.1) is 0 Å². The van der Waals surface area contributed by atoms with Crippen molar-refractivity contribution in [3.63, 3.8) is 0 Å². The molecule has 0 aliphatic carbocycles. The van der Waals surface area contributed by atoms with Gasteiger partial charge in [0.25, 0.3) is 0 Å². The van der Waals surface area contributed by atoms with E-state index >= 15 is 0 Å². The van der Waals surface area contributed by atoms with E-state index in [9.17, 15) is 13.2 Å². The number of rotatable bonds is 1. The van der Waals surface area contributed by atoms with Crippen molar-refractivity contribution in [2.45, 2.75) is 6.18 Å². The molecule has 0 radical (unpaired) electrons. The van der Waals surface area contributed by atoms with Crippen LogP contribution in [-0.4, -0.2) is 29.3 Å². The van der Waals surface area contributed by atoms with E-state index in [4.69, 9.17) is 5.21 Å². The fourth-order valence-corrected chi connectivity index (χ4v) is 0.427. The van der Waals surface area contributed by atoms with E-state index in [0.717, 1.165) is 7.05 Å². The Balaban J connectivity index is 4.62. The zero-order valence-electron chi connectivity index (χ0n) is 5.76. The smallest absolute Gasteiger partial charge is 0.287 e. The fourth-order valence-electron chi connectivity index (χ4n) is 0.427. The molecule has 3 nitrogen and oxygen atoms in total. The summed E-state index contributed by atoms with van der Waals surface area (Å²) in [6.45, 7) is 2.97. The van der Waals surface area contributed by atoms with E-state index < -0.39 is 12.0 Å². The van der Waals surface area contributed by atoms with Gasteiger partial charge in [-0.1, -0.05) is 6.58 Å². The summed E-state index contributed by atoms with van der Waals surface area (Å²) in [6.07, 6.45) is -3.95. The minimum absolute atomic E-state index is 0.109. The van der Waals surface area contributed by atoms with Crippen LogP contribution in [0.4, 0.5) is 13.2 Å². The van der Waals surface area contributed by atoms with Crippen molar-refractivity contribution in [1.29, 1.82) is 0 Å². The minimum Gasteiger partial charge on any atom is -0.287 e. The van der Waals surface area contributed by atoms with Gasteiger partial charge in [0.2, 0.25) is 5.84 Å². The number of amidine groups is 1. The molecule has 0 saturated carbocycles. The fraction of sp³-hybridized carbons (Fsp3) is 0.400. The third-order valence-corrected chi connectivity index (χ3v) is 0.774. The van der Waals surface area contributed by atoms with Crippen molar-refractivity contribution in [2.24, 2.45) is 4.99 Å². The molecule has 0 saturated heterocycles. The first-order chi connectivity index (χ1) is 4.89. The summed E-state index contributed by atoms with van der Waals surface area (Å²) in [5.41, 5.74) is 0. The van der Waals surface area contributed by atoms with Crippen LogP contribution in [0.1, 0.15) is 0 Å². The largest absolute Gasteiger partial charge is 0.451 e. The van der Waals surface area contributed by atoms with Crippen molar-refractivity contribution < 1.29 is 18.4 Å². The first kappa shape index (κ1) is 9.96.